The second-order valence-corrected chi connectivity index (χ2v) is 10.4. The van der Waals surface area contributed by atoms with Gasteiger partial charge in [-0.25, -0.2) is 15.1 Å². The molecule has 0 unspecified atom stereocenters. The lowest BCUT2D eigenvalue weighted by Gasteiger charge is -2.34. The number of carbonyl (C=O) groups is 3. The minimum Gasteiger partial charge on any atom is -0.475 e. The molecule has 0 aromatic carbocycles. The number of nitrogens with one attached hydrogen (secondary N) is 2. The zero-order valence-electron chi connectivity index (χ0n) is 20.0. The summed E-state index contributed by atoms with van der Waals surface area (Å²) in [6.45, 7) is 2.99. The highest BCUT2D eigenvalue weighted by Crippen LogP contribution is 2.30. The quantitative estimate of drug-likeness (QED) is 0.180. The van der Waals surface area contributed by atoms with Crippen LogP contribution in [0.3, 0.4) is 0 Å². The molecular weight excluding hydrogens is 547 g/mol. The number of carboxylic acids is 1. The Morgan fingerprint density at radius 1 is 1.13 bits per heavy atom. The third-order valence-corrected chi connectivity index (χ3v) is 7.06. The van der Waals surface area contributed by atoms with Crippen molar-refractivity contribution in [3.8, 4) is 0 Å². The summed E-state index contributed by atoms with van der Waals surface area (Å²) in [5.74, 6) is -3.24. The highest BCUT2D eigenvalue weighted by atomic mass is 32.3. The summed E-state index contributed by atoms with van der Waals surface area (Å²) in [6, 6.07) is -1.67. The number of amides is 3. The maximum Gasteiger partial charge on any atom is 0.490 e. The summed E-state index contributed by atoms with van der Waals surface area (Å²) >= 11 is 0. The topological polar surface area (TPSA) is 198 Å². The number of urea groups is 1. The van der Waals surface area contributed by atoms with Gasteiger partial charge < -0.3 is 20.4 Å². The molecule has 0 spiro atoms. The van der Waals surface area contributed by atoms with Crippen molar-refractivity contribution < 1.29 is 59.9 Å². The number of aliphatic hydroxyl groups is 1. The number of carbonyl (C=O) groups excluding carboxylic acids is 2. The standard InChI is InChI=1S/C17H29N5O8S.C2HF3O2/c23-14-3-5-20(6-4-14)13-7-11(18-8-13)10-29-19-16(24)15-2-1-12-9-21(15)17(25)22(12)30-31(26,27)28;3-2(4,5)1(6)7/h11-15,18,23H,1-10H2,(H,19,24)(H,26,27,28);(H,6,7)/t11-,12+,13+,15-;/m0./s1. The van der Waals surface area contributed by atoms with Crippen molar-refractivity contribution in [3.63, 3.8) is 0 Å². The number of hydrogen-bond donors (Lipinski definition) is 5. The van der Waals surface area contributed by atoms with E-state index in [-0.39, 0.29) is 25.3 Å². The molecule has 4 aliphatic heterocycles. The largest absolute Gasteiger partial charge is 0.490 e. The van der Waals surface area contributed by atoms with Crippen molar-refractivity contribution in [1.82, 2.24) is 25.7 Å². The van der Waals surface area contributed by atoms with Crippen molar-refractivity contribution in [2.45, 2.75) is 68.6 Å². The van der Waals surface area contributed by atoms with Gasteiger partial charge in [-0.05, 0) is 32.1 Å². The fourth-order valence-corrected chi connectivity index (χ4v) is 5.23. The Bertz CT molecular complexity index is 979. The van der Waals surface area contributed by atoms with Crippen LogP contribution in [0.2, 0.25) is 0 Å². The molecule has 4 heterocycles. The van der Waals surface area contributed by atoms with E-state index in [1.807, 2.05) is 0 Å². The Morgan fingerprint density at radius 3 is 2.34 bits per heavy atom. The minimum absolute atomic E-state index is 0.0833. The predicted octanol–water partition coefficient (Wildman–Crippen LogP) is -1.14. The van der Waals surface area contributed by atoms with Crippen LogP contribution in [0.4, 0.5) is 18.0 Å². The number of fused-ring (bicyclic) bond motifs is 2. The molecule has 0 aliphatic carbocycles. The molecule has 4 saturated heterocycles. The van der Waals surface area contributed by atoms with Crippen molar-refractivity contribution in [2.75, 3.05) is 32.8 Å². The summed E-state index contributed by atoms with van der Waals surface area (Å²) < 4.78 is 66.8. The maximum atomic E-state index is 12.5. The number of alkyl halides is 3. The summed E-state index contributed by atoms with van der Waals surface area (Å²) in [7, 11) is -4.83. The molecule has 218 valence electrons. The smallest absolute Gasteiger partial charge is 0.475 e. The van der Waals surface area contributed by atoms with Crippen LogP contribution in [0.25, 0.3) is 0 Å². The second kappa shape index (κ2) is 12.3. The lowest BCUT2D eigenvalue weighted by molar-refractivity contribution is -0.192. The van der Waals surface area contributed by atoms with E-state index in [9.17, 15) is 36.3 Å². The van der Waals surface area contributed by atoms with Crippen LogP contribution in [0.15, 0.2) is 0 Å². The van der Waals surface area contributed by atoms with E-state index >= 15 is 0 Å². The number of likely N-dealkylation sites (tertiary alicyclic amines) is 1. The second-order valence-electron chi connectivity index (χ2n) is 9.35. The monoisotopic (exact) mass is 577 g/mol. The summed E-state index contributed by atoms with van der Waals surface area (Å²) in [5, 5.41) is 20.8. The van der Waals surface area contributed by atoms with Gasteiger partial charge >= 0.3 is 28.6 Å². The lowest BCUT2D eigenvalue weighted by atomic mass is 10.0. The van der Waals surface area contributed by atoms with Gasteiger partial charge in [0.25, 0.3) is 5.91 Å². The highest BCUT2D eigenvalue weighted by Gasteiger charge is 2.49. The van der Waals surface area contributed by atoms with Crippen molar-refractivity contribution in [1.29, 1.82) is 0 Å². The van der Waals surface area contributed by atoms with E-state index in [1.54, 1.807) is 0 Å². The zero-order chi connectivity index (χ0) is 28.3. The Morgan fingerprint density at radius 2 is 1.76 bits per heavy atom. The molecule has 0 aromatic rings. The third kappa shape index (κ3) is 8.10. The molecular formula is C19H30F3N5O10S. The van der Waals surface area contributed by atoms with Gasteiger partial charge in [0.05, 0.1) is 18.8 Å². The molecule has 15 nitrogen and oxygen atoms in total. The van der Waals surface area contributed by atoms with Gasteiger partial charge in [0.2, 0.25) is 0 Å². The molecule has 0 saturated carbocycles. The van der Waals surface area contributed by atoms with Gasteiger partial charge in [-0.3, -0.25) is 19.1 Å². The first-order valence-electron chi connectivity index (χ1n) is 11.8. The van der Waals surface area contributed by atoms with Crippen LogP contribution in [-0.2, 0) is 29.1 Å². The number of aliphatic hydroxyl groups excluding tert-OH is 1. The van der Waals surface area contributed by atoms with Crippen LogP contribution in [-0.4, -0.2) is 125 Å². The van der Waals surface area contributed by atoms with E-state index in [0.29, 0.717) is 23.9 Å². The fraction of sp³-hybridized carbons (Fsp3) is 0.842. The van der Waals surface area contributed by atoms with Gasteiger partial charge in [0.1, 0.15) is 6.04 Å². The van der Waals surface area contributed by atoms with Gasteiger partial charge in [-0.15, -0.1) is 4.28 Å². The molecule has 2 bridgehead atoms. The van der Waals surface area contributed by atoms with Gasteiger partial charge in [-0.1, -0.05) is 0 Å². The molecule has 5 N–H and O–H groups in total. The Kier molecular flexibility index (Phi) is 9.76. The van der Waals surface area contributed by atoms with Crippen molar-refractivity contribution >= 4 is 28.3 Å². The first-order valence-corrected chi connectivity index (χ1v) is 13.2. The van der Waals surface area contributed by atoms with Crippen molar-refractivity contribution in [3.05, 3.63) is 0 Å². The number of hydroxylamine groups is 3. The van der Waals surface area contributed by atoms with Crippen LogP contribution < -0.4 is 10.8 Å². The van der Waals surface area contributed by atoms with Crippen LogP contribution in [0.5, 0.6) is 0 Å². The molecule has 19 heteroatoms. The molecule has 4 atom stereocenters. The van der Waals surface area contributed by atoms with E-state index in [0.717, 1.165) is 38.9 Å². The lowest BCUT2D eigenvalue weighted by Crippen LogP contribution is -2.50. The molecule has 4 aliphatic rings. The summed E-state index contributed by atoms with van der Waals surface area (Å²) in [5.41, 5.74) is 2.40. The number of rotatable bonds is 7. The maximum absolute atomic E-state index is 12.5. The number of halogens is 3. The van der Waals surface area contributed by atoms with Crippen molar-refractivity contribution in [2.24, 2.45) is 0 Å². The van der Waals surface area contributed by atoms with E-state index in [4.69, 9.17) is 19.3 Å². The van der Waals surface area contributed by atoms with Crippen LogP contribution in [0, 0.1) is 0 Å². The van der Waals surface area contributed by atoms with Gasteiger partial charge in [0, 0.05) is 38.3 Å². The molecule has 4 rings (SSSR count). The Hall–Kier alpha value is -2.29. The first-order chi connectivity index (χ1) is 17.7. The van der Waals surface area contributed by atoms with E-state index in [1.165, 1.54) is 4.90 Å². The first kappa shape index (κ1) is 30.3. The number of piperidine rings is 2. The zero-order valence-corrected chi connectivity index (χ0v) is 20.9. The Balaban J connectivity index is 0.000000505. The normalized spacial score (nSPS) is 28.7. The summed E-state index contributed by atoms with van der Waals surface area (Å²) in [6.07, 6.45) is -2.16. The average molecular weight is 578 g/mol. The molecule has 0 radical (unpaired) electrons. The molecule has 38 heavy (non-hydrogen) atoms. The molecule has 3 amide bonds. The molecule has 0 aromatic heterocycles. The highest BCUT2D eigenvalue weighted by molar-refractivity contribution is 7.80. The number of aliphatic carboxylic acids is 1. The number of nitrogens with zero attached hydrogens (tertiary/aromatic N) is 3. The predicted molar refractivity (Wildman–Crippen MR) is 118 cm³/mol. The summed E-state index contributed by atoms with van der Waals surface area (Å²) in [4.78, 5) is 42.8. The van der Waals surface area contributed by atoms with Crippen LogP contribution in [0.1, 0.15) is 32.1 Å². The van der Waals surface area contributed by atoms with Gasteiger partial charge in [-0.2, -0.15) is 26.7 Å². The number of hydrogen-bond acceptors (Lipinski definition) is 10. The minimum atomic E-state index is -5.08. The molecule has 4 fully saturated rings. The fourth-order valence-electron chi connectivity index (χ4n) is 4.84. The van der Waals surface area contributed by atoms with Gasteiger partial charge in [0.15, 0.2) is 0 Å². The van der Waals surface area contributed by atoms with E-state index in [2.05, 4.69) is 20.0 Å². The third-order valence-electron chi connectivity index (χ3n) is 6.71. The SMILES string of the molecule is O=C(NOC[C@@H]1C[C@@H](N2CCC(O)CC2)CN1)[C@@H]1CC[C@@H]2CN1C(=O)N2OS(=O)(=O)O.O=C(O)C(F)(F)F. The Labute approximate surface area is 215 Å². The number of carboxylic acid groups (broad SMARTS) is 1. The average Bonchev–Trinajstić information content (AvgIpc) is 3.38. The van der Waals surface area contributed by atoms with E-state index < -0.39 is 46.6 Å². The van der Waals surface area contributed by atoms with Crippen LogP contribution >= 0.6 is 0 Å².